The number of ketones is 1. The minimum Gasteiger partial charge on any atom is -0.493 e. The fourth-order valence-electron chi connectivity index (χ4n) is 3.35. The lowest BCUT2D eigenvalue weighted by Crippen LogP contribution is -2.30. The molecule has 8 heteroatoms. The third-order valence-corrected chi connectivity index (χ3v) is 5.93. The predicted molar refractivity (Wildman–Crippen MR) is 118 cm³/mol. The van der Waals surface area contributed by atoms with Crippen molar-refractivity contribution in [2.45, 2.75) is 12.8 Å². The molecule has 4 rings (SSSR count). The Hall–Kier alpha value is -2.97. The van der Waals surface area contributed by atoms with Crippen molar-refractivity contribution in [1.82, 2.24) is 14.9 Å². The highest BCUT2D eigenvalue weighted by molar-refractivity contribution is 7.10. The quantitative estimate of drug-likeness (QED) is 0.554. The summed E-state index contributed by atoms with van der Waals surface area (Å²) in [5.74, 6) is 0.914. The summed E-state index contributed by atoms with van der Waals surface area (Å²) in [6, 6.07) is 9.54. The van der Waals surface area contributed by atoms with Crippen LogP contribution in [0.2, 0.25) is 0 Å². The Kier molecular flexibility index (Phi) is 6.79. The Morgan fingerprint density at radius 2 is 2.26 bits per heavy atom. The Balaban J connectivity index is 1.30. The van der Waals surface area contributed by atoms with Gasteiger partial charge in [0.1, 0.15) is 10.8 Å². The van der Waals surface area contributed by atoms with E-state index in [-0.39, 0.29) is 24.7 Å². The molecule has 7 nitrogen and oxygen atoms in total. The van der Waals surface area contributed by atoms with Crippen LogP contribution in [0, 0.1) is 5.92 Å². The summed E-state index contributed by atoms with van der Waals surface area (Å²) in [7, 11) is 1.84. The predicted octanol–water partition coefficient (Wildman–Crippen LogP) is 3.11. The normalized spacial score (nSPS) is 15.7. The third kappa shape index (κ3) is 5.80. The molecular weight excluding hydrogens is 414 g/mol. The van der Waals surface area contributed by atoms with E-state index in [1.165, 1.54) is 11.3 Å². The zero-order chi connectivity index (χ0) is 21.6. The van der Waals surface area contributed by atoms with Gasteiger partial charge in [-0.1, -0.05) is 12.1 Å². The van der Waals surface area contributed by atoms with E-state index in [2.05, 4.69) is 10.3 Å². The topological polar surface area (TPSA) is 82.5 Å². The summed E-state index contributed by atoms with van der Waals surface area (Å²) in [6.45, 7) is 2.20. The summed E-state index contributed by atoms with van der Waals surface area (Å²) >= 11 is 1.44. The van der Waals surface area contributed by atoms with Crippen molar-refractivity contribution >= 4 is 23.0 Å². The van der Waals surface area contributed by atoms with E-state index in [9.17, 15) is 9.59 Å². The number of Topliss-reactive ketones (excluding diaryl/α,β-unsaturated/α-hetero) is 1. The SMILES string of the molecule is Cn1ccc(C(=O)NCC(=O)Cc2nc(-c3cccc(OC[C@@H]4CCOC4)c3)cs2)c1. The van der Waals surface area contributed by atoms with Crippen LogP contribution in [-0.4, -0.2) is 47.6 Å². The van der Waals surface area contributed by atoms with Crippen molar-refractivity contribution in [2.24, 2.45) is 13.0 Å². The molecule has 0 bridgehead atoms. The number of hydrogen-bond acceptors (Lipinski definition) is 6. The highest BCUT2D eigenvalue weighted by Gasteiger charge is 2.16. The van der Waals surface area contributed by atoms with Crippen LogP contribution < -0.4 is 10.1 Å². The molecule has 1 aliphatic heterocycles. The first-order chi connectivity index (χ1) is 15.1. The van der Waals surface area contributed by atoms with Crippen LogP contribution in [-0.2, 0) is 23.0 Å². The number of nitrogens with one attached hydrogen (secondary N) is 1. The molecule has 2 aromatic heterocycles. The first kappa shape index (κ1) is 21.3. The van der Waals surface area contributed by atoms with Gasteiger partial charge in [-0.15, -0.1) is 11.3 Å². The maximum atomic E-state index is 12.3. The Morgan fingerprint density at radius 3 is 3.03 bits per heavy atom. The van der Waals surface area contributed by atoms with Gasteiger partial charge in [0, 0.05) is 42.9 Å². The van der Waals surface area contributed by atoms with E-state index >= 15 is 0 Å². The molecule has 1 amide bonds. The van der Waals surface area contributed by atoms with Crippen LogP contribution in [0.3, 0.4) is 0 Å². The highest BCUT2D eigenvalue weighted by Crippen LogP contribution is 2.26. The Morgan fingerprint density at radius 1 is 1.35 bits per heavy atom. The van der Waals surface area contributed by atoms with Crippen LogP contribution in [0.25, 0.3) is 11.3 Å². The largest absolute Gasteiger partial charge is 0.493 e. The fraction of sp³-hybridized carbons (Fsp3) is 0.348. The Bertz CT molecular complexity index is 1050. The van der Waals surface area contributed by atoms with Crippen molar-refractivity contribution in [3.8, 4) is 17.0 Å². The third-order valence-electron chi connectivity index (χ3n) is 5.08. The van der Waals surface area contributed by atoms with E-state index in [0.29, 0.717) is 18.1 Å². The number of aryl methyl sites for hydroxylation is 1. The molecule has 0 spiro atoms. The van der Waals surface area contributed by atoms with E-state index < -0.39 is 0 Å². The molecule has 3 heterocycles. The van der Waals surface area contributed by atoms with Crippen LogP contribution in [0.4, 0.5) is 0 Å². The van der Waals surface area contributed by atoms with Crippen LogP contribution >= 0.6 is 11.3 Å². The second kappa shape index (κ2) is 9.89. The van der Waals surface area contributed by atoms with Gasteiger partial charge in [-0.25, -0.2) is 4.98 Å². The molecule has 0 unspecified atom stereocenters. The zero-order valence-corrected chi connectivity index (χ0v) is 18.2. The number of hydrogen-bond donors (Lipinski definition) is 1. The summed E-state index contributed by atoms with van der Waals surface area (Å²) in [4.78, 5) is 28.9. The molecule has 0 radical (unpaired) electrons. The molecule has 1 atom stereocenters. The Labute approximate surface area is 185 Å². The van der Waals surface area contributed by atoms with Gasteiger partial charge in [0.2, 0.25) is 0 Å². The number of amides is 1. The van der Waals surface area contributed by atoms with Crippen molar-refractivity contribution in [3.05, 3.63) is 58.7 Å². The maximum absolute atomic E-state index is 12.3. The number of carbonyl (C=O) groups is 2. The number of thiazole rings is 1. The minimum absolute atomic E-state index is 0.0170. The zero-order valence-electron chi connectivity index (χ0n) is 17.4. The number of carbonyl (C=O) groups excluding carboxylic acids is 2. The lowest BCUT2D eigenvalue weighted by Gasteiger charge is -2.10. The number of ether oxygens (including phenoxy) is 2. The van der Waals surface area contributed by atoms with Gasteiger partial charge >= 0.3 is 0 Å². The first-order valence-corrected chi connectivity index (χ1v) is 11.1. The van der Waals surface area contributed by atoms with Crippen molar-refractivity contribution in [1.29, 1.82) is 0 Å². The molecule has 1 aliphatic rings. The van der Waals surface area contributed by atoms with E-state index in [4.69, 9.17) is 9.47 Å². The number of rotatable bonds is 9. The average molecular weight is 440 g/mol. The molecule has 0 aliphatic carbocycles. The summed E-state index contributed by atoms with van der Waals surface area (Å²) in [5, 5.41) is 5.33. The van der Waals surface area contributed by atoms with Crippen molar-refractivity contribution in [2.75, 3.05) is 26.4 Å². The van der Waals surface area contributed by atoms with Gasteiger partial charge in [0.05, 0.1) is 37.4 Å². The van der Waals surface area contributed by atoms with Crippen molar-refractivity contribution in [3.63, 3.8) is 0 Å². The standard InChI is InChI=1S/C23H25N3O4S/c1-26-7-5-18(12-26)23(28)24-11-19(27)10-22-25-21(15-31-22)17-3-2-4-20(9-17)30-14-16-6-8-29-13-16/h2-5,7,9,12,15-16H,6,8,10-11,13-14H2,1H3,(H,24,28)/t16-/m1/s1. The fourth-order valence-corrected chi connectivity index (χ4v) is 4.18. The minimum atomic E-state index is -0.255. The smallest absolute Gasteiger partial charge is 0.253 e. The van der Waals surface area contributed by atoms with Crippen molar-refractivity contribution < 1.29 is 19.1 Å². The molecule has 1 saturated heterocycles. The van der Waals surface area contributed by atoms with Crippen LogP contribution in [0.1, 0.15) is 21.8 Å². The summed E-state index contributed by atoms with van der Waals surface area (Å²) in [6.07, 6.45) is 4.73. The molecule has 3 aromatic rings. The lowest BCUT2D eigenvalue weighted by molar-refractivity contribution is -0.117. The van der Waals surface area contributed by atoms with Gasteiger partial charge in [-0.2, -0.15) is 0 Å². The highest BCUT2D eigenvalue weighted by atomic mass is 32.1. The van der Waals surface area contributed by atoms with E-state index in [0.717, 1.165) is 41.6 Å². The number of benzene rings is 1. The van der Waals surface area contributed by atoms with E-state index in [1.807, 2.05) is 36.7 Å². The number of nitrogens with zero attached hydrogens (tertiary/aromatic N) is 2. The molecule has 1 aromatic carbocycles. The van der Waals surface area contributed by atoms with Crippen LogP contribution in [0.15, 0.2) is 48.1 Å². The molecule has 162 valence electrons. The van der Waals surface area contributed by atoms with Gasteiger partial charge in [-0.3, -0.25) is 9.59 Å². The average Bonchev–Trinajstić information content (AvgIpc) is 3.53. The monoisotopic (exact) mass is 439 g/mol. The second-order valence-corrected chi connectivity index (χ2v) is 8.60. The van der Waals surface area contributed by atoms with Gasteiger partial charge in [-0.05, 0) is 24.6 Å². The van der Waals surface area contributed by atoms with Gasteiger partial charge in [0.25, 0.3) is 5.91 Å². The summed E-state index contributed by atoms with van der Waals surface area (Å²) in [5.41, 5.74) is 2.30. The van der Waals surface area contributed by atoms with Crippen LogP contribution in [0.5, 0.6) is 5.75 Å². The second-order valence-electron chi connectivity index (χ2n) is 7.66. The lowest BCUT2D eigenvalue weighted by atomic mass is 10.1. The molecular formula is C23H25N3O4S. The maximum Gasteiger partial charge on any atom is 0.253 e. The van der Waals surface area contributed by atoms with Gasteiger partial charge in [0.15, 0.2) is 5.78 Å². The molecule has 31 heavy (non-hydrogen) atoms. The molecule has 1 fully saturated rings. The summed E-state index contributed by atoms with van der Waals surface area (Å²) < 4.78 is 13.1. The van der Waals surface area contributed by atoms with E-state index in [1.54, 1.807) is 23.0 Å². The molecule has 1 N–H and O–H groups in total. The van der Waals surface area contributed by atoms with Gasteiger partial charge < -0.3 is 19.4 Å². The first-order valence-electron chi connectivity index (χ1n) is 10.2. The molecule has 0 saturated carbocycles. The number of aromatic nitrogens is 2.